The summed E-state index contributed by atoms with van der Waals surface area (Å²) in [6, 6.07) is 1.82. The molecule has 1 aromatic rings. The minimum absolute atomic E-state index is 0.0813. The van der Waals surface area contributed by atoms with Crippen molar-refractivity contribution in [2.24, 2.45) is 13.0 Å². The van der Waals surface area contributed by atoms with Crippen LogP contribution < -0.4 is 0 Å². The minimum Gasteiger partial charge on any atom is -0.381 e. The fourth-order valence-corrected chi connectivity index (χ4v) is 1.55. The quantitative estimate of drug-likeness (QED) is 0.782. The highest BCUT2D eigenvalue weighted by molar-refractivity contribution is 5.12. The van der Waals surface area contributed by atoms with Gasteiger partial charge in [-0.25, -0.2) is 0 Å². The minimum atomic E-state index is -0.958. The molecule has 0 saturated heterocycles. The summed E-state index contributed by atoms with van der Waals surface area (Å²) in [4.78, 5) is 0. The molecule has 0 spiro atoms. The normalized spacial score (nSPS) is 15.9. The zero-order chi connectivity index (χ0) is 10.8. The predicted molar refractivity (Wildman–Crippen MR) is 53.8 cm³/mol. The van der Waals surface area contributed by atoms with Crippen LogP contribution >= 0.6 is 0 Å². The number of hydrogen-bond acceptors (Lipinski definition) is 3. The molecule has 4 heteroatoms. The van der Waals surface area contributed by atoms with Gasteiger partial charge in [-0.1, -0.05) is 13.8 Å². The zero-order valence-electron chi connectivity index (χ0n) is 9.19. The van der Waals surface area contributed by atoms with Crippen LogP contribution in [0.3, 0.4) is 0 Å². The molecule has 1 atom stereocenters. The predicted octanol–water partition coefficient (Wildman–Crippen LogP) is 0.910. The van der Waals surface area contributed by atoms with Crippen LogP contribution in [0, 0.1) is 5.92 Å². The fourth-order valence-electron chi connectivity index (χ4n) is 1.55. The van der Waals surface area contributed by atoms with E-state index in [1.807, 2.05) is 27.0 Å². The summed E-state index contributed by atoms with van der Waals surface area (Å²) in [6.45, 7) is 4.21. The Morgan fingerprint density at radius 1 is 1.64 bits per heavy atom. The second kappa shape index (κ2) is 4.11. The van der Waals surface area contributed by atoms with E-state index in [9.17, 15) is 5.11 Å². The first kappa shape index (κ1) is 11.2. The molecule has 14 heavy (non-hydrogen) atoms. The number of aromatic nitrogens is 2. The lowest BCUT2D eigenvalue weighted by atomic mass is 9.88. The SMILES string of the molecule is COCC(O)(c1ccnn1C)C(C)C. The molecule has 80 valence electrons. The van der Waals surface area contributed by atoms with E-state index in [0.29, 0.717) is 0 Å². The highest BCUT2D eigenvalue weighted by Crippen LogP contribution is 2.29. The third kappa shape index (κ3) is 1.81. The fraction of sp³-hybridized carbons (Fsp3) is 0.700. The molecule has 0 aliphatic rings. The summed E-state index contributed by atoms with van der Waals surface area (Å²) in [5.74, 6) is 0.0813. The summed E-state index contributed by atoms with van der Waals surface area (Å²) in [5.41, 5.74) is -0.172. The van der Waals surface area contributed by atoms with Gasteiger partial charge in [0.2, 0.25) is 0 Å². The van der Waals surface area contributed by atoms with E-state index in [1.54, 1.807) is 18.0 Å². The van der Waals surface area contributed by atoms with Crippen molar-refractivity contribution in [1.29, 1.82) is 0 Å². The van der Waals surface area contributed by atoms with Gasteiger partial charge in [0.25, 0.3) is 0 Å². The van der Waals surface area contributed by atoms with Crippen molar-refractivity contribution in [3.63, 3.8) is 0 Å². The number of aliphatic hydroxyl groups is 1. The Hall–Kier alpha value is -0.870. The molecule has 0 fully saturated rings. The Kier molecular flexibility index (Phi) is 3.29. The van der Waals surface area contributed by atoms with Gasteiger partial charge in [-0.2, -0.15) is 5.10 Å². The molecule has 1 aromatic heterocycles. The molecule has 1 rings (SSSR count). The first-order valence-electron chi connectivity index (χ1n) is 4.72. The Bertz CT molecular complexity index is 296. The van der Waals surface area contributed by atoms with Gasteiger partial charge in [0, 0.05) is 20.4 Å². The van der Waals surface area contributed by atoms with Crippen molar-refractivity contribution < 1.29 is 9.84 Å². The molecule has 1 N–H and O–H groups in total. The van der Waals surface area contributed by atoms with E-state index in [4.69, 9.17) is 4.74 Å². The third-order valence-electron chi connectivity index (χ3n) is 2.58. The van der Waals surface area contributed by atoms with Gasteiger partial charge < -0.3 is 9.84 Å². The highest BCUT2D eigenvalue weighted by Gasteiger charge is 2.35. The number of methoxy groups -OCH3 is 1. The molecule has 1 unspecified atom stereocenters. The summed E-state index contributed by atoms with van der Waals surface area (Å²) in [5, 5.41) is 14.5. The molecule has 0 aliphatic heterocycles. The maximum atomic E-state index is 10.4. The smallest absolute Gasteiger partial charge is 0.132 e. The molecule has 4 nitrogen and oxygen atoms in total. The Labute approximate surface area is 84.5 Å². The van der Waals surface area contributed by atoms with Crippen LogP contribution in [0.4, 0.5) is 0 Å². The molecule has 0 aliphatic carbocycles. The van der Waals surface area contributed by atoms with Crippen LogP contribution in [0.2, 0.25) is 0 Å². The summed E-state index contributed by atoms with van der Waals surface area (Å²) in [7, 11) is 3.40. The Balaban J connectivity index is 3.05. The molecule has 0 radical (unpaired) electrons. The van der Waals surface area contributed by atoms with Gasteiger partial charge in [0.1, 0.15) is 5.60 Å². The van der Waals surface area contributed by atoms with Gasteiger partial charge in [-0.15, -0.1) is 0 Å². The maximum Gasteiger partial charge on any atom is 0.132 e. The topological polar surface area (TPSA) is 47.3 Å². The number of hydrogen-bond donors (Lipinski definition) is 1. The summed E-state index contributed by atoms with van der Waals surface area (Å²) >= 11 is 0. The van der Waals surface area contributed by atoms with Gasteiger partial charge in [-0.05, 0) is 12.0 Å². The standard InChI is InChI=1S/C10H18N2O2/c1-8(2)10(13,7-14-4)9-5-6-11-12(9)3/h5-6,8,13H,7H2,1-4H3. The van der Waals surface area contributed by atoms with Gasteiger partial charge in [0.05, 0.1) is 12.3 Å². The molecule has 0 aromatic carbocycles. The van der Waals surface area contributed by atoms with Crippen LogP contribution in [-0.4, -0.2) is 28.6 Å². The van der Waals surface area contributed by atoms with E-state index < -0.39 is 5.60 Å². The maximum absolute atomic E-state index is 10.4. The molecule has 0 saturated carbocycles. The second-order valence-electron chi connectivity index (χ2n) is 3.85. The van der Waals surface area contributed by atoms with E-state index in [-0.39, 0.29) is 12.5 Å². The first-order chi connectivity index (χ1) is 6.52. The molecular weight excluding hydrogens is 180 g/mol. The van der Waals surface area contributed by atoms with Crippen molar-refractivity contribution in [2.75, 3.05) is 13.7 Å². The summed E-state index contributed by atoms with van der Waals surface area (Å²) < 4.78 is 6.74. The zero-order valence-corrected chi connectivity index (χ0v) is 9.19. The number of rotatable bonds is 4. The third-order valence-corrected chi connectivity index (χ3v) is 2.58. The summed E-state index contributed by atoms with van der Waals surface area (Å²) in [6.07, 6.45) is 1.68. The van der Waals surface area contributed by atoms with Crippen LogP contribution in [0.25, 0.3) is 0 Å². The lowest BCUT2D eigenvalue weighted by Crippen LogP contribution is -2.38. The largest absolute Gasteiger partial charge is 0.381 e. The Morgan fingerprint density at radius 3 is 2.64 bits per heavy atom. The highest BCUT2D eigenvalue weighted by atomic mass is 16.5. The second-order valence-corrected chi connectivity index (χ2v) is 3.85. The van der Waals surface area contributed by atoms with Gasteiger partial charge >= 0.3 is 0 Å². The van der Waals surface area contributed by atoms with Gasteiger partial charge in [-0.3, -0.25) is 4.68 Å². The van der Waals surface area contributed by atoms with Crippen molar-refractivity contribution in [2.45, 2.75) is 19.4 Å². The molecule has 1 heterocycles. The number of ether oxygens (including phenoxy) is 1. The van der Waals surface area contributed by atoms with Gasteiger partial charge in [0.15, 0.2) is 0 Å². The van der Waals surface area contributed by atoms with Crippen LogP contribution in [0.15, 0.2) is 12.3 Å². The van der Waals surface area contributed by atoms with E-state index in [0.717, 1.165) is 5.69 Å². The first-order valence-corrected chi connectivity index (χ1v) is 4.72. The van der Waals surface area contributed by atoms with E-state index in [1.165, 1.54) is 0 Å². The van der Waals surface area contributed by atoms with Crippen molar-refractivity contribution in [1.82, 2.24) is 9.78 Å². The average Bonchev–Trinajstić information content (AvgIpc) is 2.51. The lowest BCUT2D eigenvalue weighted by Gasteiger charge is -2.31. The van der Waals surface area contributed by atoms with Crippen LogP contribution in [0.5, 0.6) is 0 Å². The number of nitrogens with zero attached hydrogens (tertiary/aromatic N) is 2. The molecule has 0 bridgehead atoms. The van der Waals surface area contributed by atoms with E-state index >= 15 is 0 Å². The molecular formula is C10H18N2O2. The molecule has 0 amide bonds. The Morgan fingerprint density at radius 2 is 2.29 bits per heavy atom. The van der Waals surface area contributed by atoms with Crippen molar-refractivity contribution in [3.8, 4) is 0 Å². The average molecular weight is 198 g/mol. The van der Waals surface area contributed by atoms with E-state index in [2.05, 4.69) is 5.10 Å². The van der Waals surface area contributed by atoms with Crippen molar-refractivity contribution in [3.05, 3.63) is 18.0 Å². The number of aryl methyl sites for hydroxylation is 1. The monoisotopic (exact) mass is 198 g/mol. The van der Waals surface area contributed by atoms with Crippen molar-refractivity contribution >= 4 is 0 Å². The van der Waals surface area contributed by atoms with Crippen LogP contribution in [-0.2, 0) is 17.4 Å². The van der Waals surface area contributed by atoms with Crippen LogP contribution in [0.1, 0.15) is 19.5 Å². The lowest BCUT2D eigenvalue weighted by molar-refractivity contribution is -0.0755.